The smallest absolute Gasteiger partial charge is 0.468 e. The van der Waals surface area contributed by atoms with Crippen LogP contribution in [0.1, 0.15) is 31.6 Å². The van der Waals surface area contributed by atoms with E-state index >= 15 is 0 Å². The molecule has 23 heavy (non-hydrogen) atoms. The van der Waals surface area contributed by atoms with Crippen LogP contribution in [-0.2, 0) is 11.0 Å². The number of halogens is 3. The van der Waals surface area contributed by atoms with Gasteiger partial charge >= 0.3 is 18.0 Å². The van der Waals surface area contributed by atoms with Crippen molar-refractivity contribution in [1.82, 2.24) is 4.98 Å². The summed E-state index contributed by atoms with van der Waals surface area (Å²) in [6.45, 7) is 0. The fraction of sp³-hybridized carbons (Fsp3) is 0.467. The Kier molecular flexibility index (Phi) is 3.91. The van der Waals surface area contributed by atoms with Crippen molar-refractivity contribution in [3.05, 3.63) is 24.1 Å². The molecule has 1 aliphatic rings. The first-order valence-corrected chi connectivity index (χ1v) is 7.30. The molecule has 0 spiro atoms. The van der Waals surface area contributed by atoms with Crippen LogP contribution in [0.4, 0.5) is 18.9 Å². The number of anilines is 1. The quantitative estimate of drug-likeness (QED) is 0.894. The van der Waals surface area contributed by atoms with Gasteiger partial charge in [-0.1, -0.05) is 0 Å². The molecule has 1 aliphatic carbocycles. The first-order chi connectivity index (χ1) is 10.8. The first-order valence-electron chi connectivity index (χ1n) is 7.30. The molecule has 124 valence electrons. The van der Waals surface area contributed by atoms with Crippen LogP contribution in [0.15, 0.2) is 22.6 Å². The number of carbonyl (C=O) groups is 1. The van der Waals surface area contributed by atoms with E-state index in [0.717, 1.165) is 0 Å². The van der Waals surface area contributed by atoms with E-state index in [9.17, 15) is 18.0 Å². The normalized spacial score (nSPS) is 22.2. The van der Waals surface area contributed by atoms with E-state index in [1.165, 1.54) is 12.1 Å². The van der Waals surface area contributed by atoms with Crippen LogP contribution in [0.25, 0.3) is 11.1 Å². The van der Waals surface area contributed by atoms with Crippen molar-refractivity contribution < 1.29 is 27.5 Å². The van der Waals surface area contributed by atoms with Gasteiger partial charge < -0.3 is 14.8 Å². The van der Waals surface area contributed by atoms with Crippen molar-refractivity contribution >= 4 is 22.8 Å². The van der Waals surface area contributed by atoms with E-state index in [0.29, 0.717) is 31.4 Å². The SMILES string of the molecule is O=C(O)C1CCC(Nc2ccc3oc(C(F)(F)F)nc3c2)CC1. The molecule has 1 aromatic heterocycles. The lowest BCUT2D eigenvalue weighted by Crippen LogP contribution is -2.29. The lowest BCUT2D eigenvalue weighted by molar-refractivity contribution is -0.156. The maximum atomic E-state index is 12.6. The van der Waals surface area contributed by atoms with Gasteiger partial charge in [-0.3, -0.25) is 4.79 Å². The van der Waals surface area contributed by atoms with Crippen molar-refractivity contribution in [3.8, 4) is 0 Å². The monoisotopic (exact) mass is 328 g/mol. The summed E-state index contributed by atoms with van der Waals surface area (Å²) in [5.74, 6) is -2.33. The zero-order valence-corrected chi connectivity index (χ0v) is 12.1. The number of hydrogen-bond acceptors (Lipinski definition) is 4. The maximum Gasteiger partial charge on any atom is 0.468 e. The summed E-state index contributed by atoms with van der Waals surface area (Å²) in [5, 5.41) is 12.2. The molecule has 0 radical (unpaired) electrons. The maximum absolute atomic E-state index is 12.6. The molecule has 1 heterocycles. The minimum absolute atomic E-state index is 0.0810. The first kappa shape index (κ1) is 15.6. The molecule has 0 atom stereocenters. The summed E-state index contributed by atoms with van der Waals surface area (Å²) < 4.78 is 42.4. The number of aliphatic carboxylic acids is 1. The van der Waals surface area contributed by atoms with Crippen molar-refractivity contribution in [1.29, 1.82) is 0 Å². The fourth-order valence-corrected chi connectivity index (χ4v) is 2.86. The molecule has 1 aromatic carbocycles. The molecular weight excluding hydrogens is 313 g/mol. The summed E-state index contributed by atoms with van der Waals surface area (Å²) in [4.78, 5) is 14.4. The third-order valence-corrected chi connectivity index (χ3v) is 4.08. The molecule has 5 nitrogen and oxygen atoms in total. The van der Waals surface area contributed by atoms with Gasteiger partial charge in [-0.2, -0.15) is 13.2 Å². The number of carboxylic acid groups (broad SMARTS) is 1. The van der Waals surface area contributed by atoms with Gasteiger partial charge in [0.25, 0.3) is 0 Å². The Morgan fingerprint density at radius 3 is 2.57 bits per heavy atom. The number of hydrogen-bond donors (Lipinski definition) is 2. The predicted octanol–water partition coefficient (Wildman–Crippen LogP) is 3.90. The summed E-state index contributed by atoms with van der Waals surface area (Å²) in [6, 6.07) is 4.70. The van der Waals surface area contributed by atoms with E-state index in [-0.39, 0.29) is 23.1 Å². The minimum atomic E-state index is -4.61. The molecule has 2 aromatic rings. The molecule has 1 fully saturated rings. The number of nitrogens with one attached hydrogen (secondary N) is 1. The van der Waals surface area contributed by atoms with E-state index in [1.54, 1.807) is 6.07 Å². The van der Waals surface area contributed by atoms with Crippen LogP contribution in [-0.4, -0.2) is 22.1 Å². The van der Waals surface area contributed by atoms with Gasteiger partial charge in [-0.25, -0.2) is 4.98 Å². The predicted molar refractivity (Wildman–Crippen MR) is 76.0 cm³/mol. The minimum Gasteiger partial charge on any atom is -0.481 e. The number of alkyl halides is 3. The van der Waals surface area contributed by atoms with Crippen molar-refractivity contribution in [2.24, 2.45) is 5.92 Å². The van der Waals surface area contributed by atoms with Crippen LogP contribution in [0.5, 0.6) is 0 Å². The molecule has 8 heteroatoms. The Morgan fingerprint density at radius 1 is 1.26 bits per heavy atom. The van der Waals surface area contributed by atoms with Crippen LogP contribution >= 0.6 is 0 Å². The third-order valence-electron chi connectivity index (χ3n) is 4.08. The molecule has 0 unspecified atom stereocenters. The second-order valence-corrected chi connectivity index (χ2v) is 5.73. The van der Waals surface area contributed by atoms with Crippen molar-refractivity contribution in [3.63, 3.8) is 0 Å². The lowest BCUT2D eigenvalue weighted by Gasteiger charge is -2.27. The number of carboxylic acids is 1. The number of oxazole rings is 1. The Morgan fingerprint density at radius 2 is 1.96 bits per heavy atom. The number of benzene rings is 1. The highest BCUT2D eigenvalue weighted by molar-refractivity contribution is 5.77. The average Bonchev–Trinajstić information content (AvgIpc) is 2.91. The molecule has 0 aliphatic heterocycles. The number of aromatic nitrogens is 1. The van der Waals surface area contributed by atoms with Crippen LogP contribution in [0.3, 0.4) is 0 Å². The topological polar surface area (TPSA) is 75.4 Å². The Hall–Kier alpha value is -2.25. The van der Waals surface area contributed by atoms with E-state index in [4.69, 9.17) is 5.11 Å². The van der Waals surface area contributed by atoms with E-state index in [1.807, 2.05) is 0 Å². The third kappa shape index (κ3) is 3.40. The van der Waals surface area contributed by atoms with Gasteiger partial charge in [0.1, 0.15) is 5.52 Å². The number of nitrogens with zero attached hydrogens (tertiary/aromatic N) is 1. The highest BCUT2D eigenvalue weighted by Gasteiger charge is 2.37. The van der Waals surface area contributed by atoms with Crippen molar-refractivity contribution in [2.75, 3.05) is 5.32 Å². The summed E-state index contributed by atoms with van der Waals surface area (Å²) >= 11 is 0. The van der Waals surface area contributed by atoms with E-state index < -0.39 is 18.0 Å². The second kappa shape index (κ2) is 5.75. The standard InChI is InChI=1S/C15H15F3N2O3/c16-15(17,18)14-20-11-7-10(5-6-12(11)23-14)19-9-3-1-8(2-4-9)13(21)22/h5-9,19H,1-4H2,(H,21,22). The molecule has 2 N–H and O–H groups in total. The van der Waals surface area contributed by atoms with Gasteiger partial charge in [-0.05, 0) is 43.9 Å². The van der Waals surface area contributed by atoms with Gasteiger partial charge in [-0.15, -0.1) is 0 Å². The van der Waals surface area contributed by atoms with Gasteiger partial charge in [0.05, 0.1) is 5.92 Å². The van der Waals surface area contributed by atoms with Gasteiger partial charge in [0.2, 0.25) is 0 Å². The molecule has 0 bridgehead atoms. The zero-order valence-electron chi connectivity index (χ0n) is 12.1. The van der Waals surface area contributed by atoms with Crippen molar-refractivity contribution in [2.45, 2.75) is 37.9 Å². The van der Waals surface area contributed by atoms with E-state index in [2.05, 4.69) is 14.7 Å². The van der Waals surface area contributed by atoms with Gasteiger partial charge in [0, 0.05) is 11.7 Å². The summed E-state index contributed by atoms with van der Waals surface area (Å²) in [7, 11) is 0. The Labute approximate surface area is 129 Å². The second-order valence-electron chi connectivity index (χ2n) is 5.73. The highest BCUT2D eigenvalue weighted by atomic mass is 19.4. The molecule has 1 saturated carbocycles. The molecule has 3 rings (SSSR count). The Balaban J connectivity index is 1.70. The van der Waals surface area contributed by atoms with Crippen LogP contribution < -0.4 is 5.32 Å². The fourth-order valence-electron chi connectivity index (χ4n) is 2.86. The highest BCUT2D eigenvalue weighted by Crippen LogP contribution is 2.32. The molecular formula is C15H15F3N2O3. The number of rotatable bonds is 3. The number of fused-ring (bicyclic) bond motifs is 1. The molecule has 0 saturated heterocycles. The Bertz CT molecular complexity index is 718. The van der Waals surface area contributed by atoms with Gasteiger partial charge in [0.15, 0.2) is 5.58 Å². The summed E-state index contributed by atoms with van der Waals surface area (Å²) in [5.41, 5.74) is 0.873. The summed E-state index contributed by atoms with van der Waals surface area (Å²) in [6.07, 6.45) is -2.00. The zero-order chi connectivity index (χ0) is 16.6. The van der Waals surface area contributed by atoms with Crippen LogP contribution in [0.2, 0.25) is 0 Å². The largest absolute Gasteiger partial charge is 0.481 e. The average molecular weight is 328 g/mol. The molecule has 0 amide bonds. The van der Waals surface area contributed by atoms with Crippen LogP contribution in [0, 0.1) is 5.92 Å². The lowest BCUT2D eigenvalue weighted by atomic mass is 9.86.